The molecule has 1 aromatic heterocycles. The first-order chi connectivity index (χ1) is 14.1. The Morgan fingerprint density at radius 1 is 0.966 bits per heavy atom. The molecule has 0 radical (unpaired) electrons. The highest BCUT2D eigenvalue weighted by molar-refractivity contribution is 7.09. The third kappa shape index (κ3) is 6.54. The Balaban J connectivity index is 1.31. The van der Waals surface area contributed by atoms with Crippen molar-refractivity contribution in [3.8, 4) is 11.3 Å². The summed E-state index contributed by atoms with van der Waals surface area (Å²) in [6.45, 7) is 2.60. The zero-order chi connectivity index (χ0) is 20.5. The van der Waals surface area contributed by atoms with Gasteiger partial charge in [-0.05, 0) is 44.0 Å². The average molecular weight is 408 g/mol. The average Bonchev–Trinajstić information content (AvgIpc) is 3.18. The van der Waals surface area contributed by atoms with Gasteiger partial charge in [0.2, 0.25) is 5.91 Å². The molecule has 0 aliphatic carbocycles. The minimum absolute atomic E-state index is 0.00979. The fourth-order valence-corrected chi connectivity index (χ4v) is 3.55. The molecular formula is C23H25N3O2S. The first-order valence-corrected chi connectivity index (χ1v) is 10.7. The van der Waals surface area contributed by atoms with E-state index >= 15 is 0 Å². The number of hydrogen-bond acceptors (Lipinski definition) is 4. The number of aryl methyl sites for hydroxylation is 1. The molecule has 29 heavy (non-hydrogen) atoms. The number of anilines is 1. The number of amides is 2. The van der Waals surface area contributed by atoms with Gasteiger partial charge < -0.3 is 10.6 Å². The first-order valence-electron chi connectivity index (χ1n) is 9.77. The molecule has 0 unspecified atom stereocenters. The molecule has 5 nitrogen and oxygen atoms in total. The summed E-state index contributed by atoms with van der Waals surface area (Å²) in [6, 6.07) is 16.9. The number of thiazole rings is 1. The summed E-state index contributed by atoms with van der Waals surface area (Å²) in [6.07, 6.45) is 3.01. The molecule has 6 heteroatoms. The van der Waals surface area contributed by atoms with Crippen LogP contribution in [0.4, 0.5) is 5.69 Å². The minimum Gasteiger partial charge on any atom is -0.352 e. The normalized spacial score (nSPS) is 10.5. The van der Waals surface area contributed by atoms with Crippen molar-refractivity contribution in [3.63, 3.8) is 0 Å². The van der Waals surface area contributed by atoms with Crippen molar-refractivity contribution in [1.29, 1.82) is 0 Å². The van der Waals surface area contributed by atoms with E-state index in [1.165, 1.54) is 0 Å². The van der Waals surface area contributed by atoms with E-state index in [9.17, 15) is 9.59 Å². The summed E-state index contributed by atoms with van der Waals surface area (Å²) in [5.74, 6) is -0.0461. The molecule has 2 amide bonds. The molecule has 1 heterocycles. The molecule has 0 atom stereocenters. The molecule has 0 saturated carbocycles. The molecule has 0 spiro atoms. The molecule has 0 fully saturated rings. The second-order valence-corrected chi connectivity index (χ2v) is 7.87. The molecule has 0 saturated heterocycles. The third-order valence-electron chi connectivity index (χ3n) is 4.49. The monoisotopic (exact) mass is 407 g/mol. The van der Waals surface area contributed by atoms with E-state index in [1.807, 2.05) is 54.8 Å². The van der Waals surface area contributed by atoms with E-state index in [2.05, 4.69) is 15.6 Å². The Bertz CT molecular complexity index is 936. The topological polar surface area (TPSA) is 71.1 Å². The Kier molecular flexibility index (Phi) is 7.53. The lowest BCUT2D eigenvalue weighted by Gasteiger charge is -2.07. The number of nitrogens with one attached hydrogen (secondary N) is 2. The van der Waals surface area contributed by atoms with Crippen LogP contribution in [0.3, 0.4) is 0 Å². The van der Waals surface area contributed by atoms with Gasteiger partial charge in [-0.25, -0.2) is 4.98 Å². The standard InChI is InChI=1S/C23H25N3O2S/c1-17-25-21(16-29-17)18-11-13-20(14-12-18)26-22(27)10-6-3-7-15-24-23(28)19-8-4-2-5-9-19/h2,4-5,8-9,11-14,16H,3,6-7,10,15H2,1H3,(H,24,28)(H,26,27). The van der Waals surface area contributed by atoms with Gasteiger partial charge in [0.15, 0.2) is 0 Å². The van der Waals surface area contributed by atoms with E-state index < -0.39 is 0 Å². The summed E-state index contributed by atoms with van der Waals surface area (Å²) in [5, 5.41) is 8.91. The quantitative estimate of drug-likeness (QED) is 0.488. The summed E-state index contributed by atoms with van der Waals surface area (Å²) < 4.78 is 0. The SMILES string of the molecule is Cc1nc(-c2ccc(NC(=O)CCCCCNC(=O)c3ccccc3)cc2)cs1. The Hall–Kier alpha value is -2.99. The first kappa shape index (κ1) is 20.7. The molecule has 0 aliphatic heterocycles. The largest absolute Gasteiger partial charge is 0.352 e. The molecule has 2 N–H and O–H groups in total. The lowest BCUT2D eigenvalue weighted by Crippen LogP contribution is -2.24. The zero-order valence-corrected chi connectivity index (χ0v) is 17.3. The molecular weight excluding hydrogens is 382 g/mol. The smallest absolute Gasteiger partial charge is 0.251 e. The van der Waals surface area contributed by atoms with E-state index in [-0.39, 0.29) is 11.8 Å². The van der Waals surface area contributed by atoms with Crippen molar-refractivity contribution in [3.05, 3.63) is 70.5 Å². The van der Waals surface area contributed by atoms with E-state index in [4.69, 9.17) is 0 Å². The van der Waals surface area contributed by atoms with Crippen LogP contribution in [0.15, 0.2) is 60.0 Å². The number of hydrogen-bond donors (Lipinski definition) is 2. The van der Waals surface area contributed by atoms with Crippen LogP contribution < -0.4 is 10.6 Å². The zero-order valence-electron chi connectivity index (χ0n) is 16.5. The highest BCUT2D eigenvalue weighted by atomic mass is 32.1. The van der Waals surface area contributed by atoms with E-state index in [0.717, 1.165) is 41.2 Å². The summed E-state index contributed by atoms with van der Waals surface area (Å²) in [7, 11) is 0. The van der Waals surface area contributed by atoms with Crippen LogP contribution in [0.1, 0.15) is 41.0 Å². The number of unbranched alkanes of at least 4 members (excludes halogenated alkanes) is 2. The number of benzene rings is 2. The molecule has 2 aromatic carbocycles. The second-order valence-electron chi connectivity index (χ2n) is 6.81. The molecule has 3 aromatic rings. The maximum atomic E-state index is 12.1. The maximum absolute atomic E-state index is 12.1. The molecule has 3 rings (SSSR count). The van der Waals surface area contributed by atoms with Crippen LogP contribution in [0.5, 0.6) is 0 Å². The van der Waals surface area contributed by atoms with Gasteiger partial charge in [0.05, 0.1) is 10.7 Å². The van der Waals surface area contributed by atoms with Gasteiger partial charge >= 0.3 is 0 Å². The van der Waals surface area contributed by atoms with Crippen molar-refractivity contribution < 1.29 is 9.59 Å². The summed E-state index contributed by atoms with van der Waals surface area (Å²) in [5.41, 5.74) is 3.47. The van der Waals surface area contributed by atoms with Gasteiger partial charge in [-0.1, -0.05) is 36.8 Å². The second kappa shape index (κ2) is 10.5. The lowest BCUT2D eigenvalue weighted by atomic mass is 10.1. The minimum atomic E-state index is -0.0559. The lowest BCUT2D eigenvalue weighted by molar-refractivity contribution is -0.116. The van der Waals surface area contributed by atoms with E-state index in [0.29, 0.717) is 18.5 Å². The van der Waals surface area contributed by atoms with Crippen LogP contribution in [0.2, 0.25) is 0 Å². The van der Waals surface area contributed by atoms with Crippen molar-refractivity contribution in [2.24, 2.45) is 0 Å². The molecule has 0 aliphatic rings. The number of nitrogens with zero attached hydrogens (tertiary/aromatic N) is 1. The number of rotatable bonds is 9. The van der Waals surface area contributed by atoms with Gasteiger partial charge in [-0.2, -0.15) is 0 Å². The Labute approximate surface area is 175 Å². The van der Waals surface area contributed by atoms with E-state index in [1.54, 1.807) is 23.5 Å². The highest BCUT2D eigenvalue weighted by Gasteiger charge is 2.06. The van der Waals surface area contributed by atoms with Crippen molar-refractivity contribution in [2.75, 3.05) is 11.9 Å². The van der Waals surface area contributed by atoms with Crippen LogP contribution in [-0.2, 0) is 4.79 Å². The predicted octanol–water partition coefficient (Wildman–Crippen LogP) is 5.05. The maximum Gasteiger partial charge on any atom is 0.251 e. The van der Waals surface area contributed by atoms with Gasteiger partial charge in [0.1, 0.15) is 0 Å². The highest BCUT2D eigenvalue weighted by Crippen LogP contribution is 2.23. The fraction of sp³-hybridized carbons (Fsp3) is 0.261. The number of carbonyl (C=O) groups is 2. The predicted molar refractivity (Wildman–Crippen MR) is 118 cm³/mol. The Morgan fingerprint density at radius 2 is 1.72 bits per heavy atom. The number of carbonyl (C=O) groups excluding carboxylic acids is 2. The van der Waals surface area contributed by atoms with Gasteiger partial charge in [-0.15, -0.1) is 11.3 Å². The van der Waals surface area contributed by atoms with Crippen LogP contribution >= 0.6 is 11.3 Å². The van der Waals surface area contributed by atoms with Crippen LogP contribution in [0.25, 0.3) is 11.3 Å². The Morgan fingerprint density at radius 3 is 2.41 bits per heavy atom. The van der Waals surface area contributed by atoms with Gasteiger partial charge in [0, 0.05) is 35.2 Å². The van der Waals surface area contributed by atoms with Gasteiger partial charge in [-0.3, -0.25) is 9.59 Å². The third-order valence-corrected chi connectivity index (χ3v) is 5.26. The summed E-state index contributed by atoms with van der Waals surface area (Å²) >= 11 is 1.62. The van der Waals surface area contributed by atoms with Gasteiger partial charge in [0.25, 0.3) is 5.91 Å². The van der Waals surface area contributed by atoms with Crippen LogP contribution in [-0.4, -0.2) is 23.3 Å². The van der Waals surface area contributed by atoms with Crippen LogP contribution in [0, 0.1) is 6.92 Å². The van der Waals surface area contributed by atoms with Crippen molar-refractivity contribution >= 4 is 28.8 Å². The summed E-state index contributed by atoms with van der Waals surface area (Å²) in [4.78, 5) is 28.5. The number of aromatic nitrogens is 1. The molecule has 150 valence electrons. The fourth-order valence-electron chi connectivity index (χ4n) is 2.92. The van der Waals surface area contributed by atoms with Crippen molar-refractivity contribution in [2.45, 2.75) is 32.6 Å². The molecule has 0 bridgehead atoms. The van der Waals surface area contributed by atoms with Crippen molar-refractivity contribution in [1.82, 2.24) is 10.3 Å².